The number of aryl methyl sites for hydroxylation is 1. The van der Waals surface area contributed by atoms with E-state index >= 15 is 0 Å². The zero-order valence-corrected chi connectivity index (χ0v) is 20.8. The Labute approximate surface area is 213 Å². The molecule has 3 heterocycles. The van der Waals surface area contributed by atoms with Crippen molar-refractivity contribution in [3.05, 3.63) is 75.3 Å². The lowest BCUT2D eigenvalue weighted by molar-refractivity contribution is 0.0285. The first-order valence-electron chi connectivity index (χ1n) is 11.3. The normalized spacial score (nSPS) is 16.6. The summed E-state index contributed by atoms with van der Waals surface area (Å²) in [5, 5.41) is 16.7. The lowest BCUT2D eigenvalue weighted by Gasteiger charge is -2.45. The van der Waals surface area contributed by atoms with Crippen LogP contribution in [0.5, 0.6) is 5.75 Å². The van der Waals surface area contributed by atoms with Crippen molar-refractivity contribution in [2.75, 3.05) is 20.1 Å². The predicted molar refractivity (Wildman–Crippen MR) is 136 cm³/mol. The number of hydrogen-bond donors (Lipinski definition) is 2. The number of likely N-dealkylation sites (tertiary alicyclic amines) is 1. The van der Waals surface area contributed by atoms with Gasteiger partial charge in [-0.05, 0) is 37.3 Å². The summed E-state index contributed by atoms with van der Waals surface area (Å²) in [6.07, 6.45) is 2.46. The van der Waals surface area contributed by atoms with E-state index in [2.05, 4.69) is 15.4 Å². The number of benzene rings is 2. The van der Waals surface area contributed by atoms with Crippen molar-refractivity contribution in [3.8, 4) is 11.4 Å². The van der Waals surface area contributed by atoms with Gasteiger partial charge in [0.25, 0.3) is 5.91 Å². The van der Waals surface area contributed by atoms with Gasteiger partial charge in [-0.3, -0.25) is 4.79 Å². The molecule has 180 valence electrons. The van der Waals surface area contributed by atoms with Crippen LogP contribution in [0.25, 0.3) is 11.4 Å². The Kier molecular flexibility index (Phi) is 6.02. The highest BCUT2D eigenvalue weighted by Crippen LogP contribution is 2.44. The van der Waals surface area contributed by atoms with E-state index < -0.39 is 5.60 Å². The second kappa shape index (κ2) is 9.02. The number of ether oxygens (including phenoxy) is 1. The minimum atomic E-state index is -0.676. The highest BCUT2D eigenvalue weighted by atomic mass is 35.5. The van der Waals surface area contributed by atoms with E-state index in [9.17, 15) is 4.79 Å². The van der Waals surface area contributed by atoms with Gasteiger partial charge in [0.1, 0.15) is 17.2 Å². The van der Waals surface area contributed by atoms with E-state index in [4.69, 9.17) is 33.3 Å². The van der Waals surface area contributed by atoms with Crippen LogP contribution in [-0.4, -0.2) is 57.5 Å². The molecule has 0 saturated carbocycles. The first-order valence-corrected chi connectivity index (χ1v) is 12.0. The van der Waals surface area contributed by atoms with Crippen molar-refractivity contribution >= 4 is 41.0 Å². The third kappa shape index (κ3) is 3.96. The van der Waals surface area contributed by atoms with Gasteiger partial charge in [-0.1, -0.05) is 35.3 Å². The number of aromatic nitrogens is 3. The number of piperidine rings is 1. The number of carbonyl (C=O) groups excluding carboxylic acids is 1. The van der Waals surface area contributed by atoms with Crippen molar-refractivity contribution in [2.24, 2.45) is 0 Å². The van der Waals surface area contributed by atoms with E-state index in [1.807, 2.05) is 31.3 Å². The van der Waals surface area contributed by atoms with Crippen LogP contribution >= 0.6 is 23.2 Å². The summed E-state index contributed by atoms with van der Waals surface area (Å²) in [7, 11) is 1.85. The summed E-state index contributed by atoms with van der Waals surface area (Å²) in [5.74, 6) is 1.18. The van der Waals surface area contributed by atoms with E-state index in [0.717, 1.165) is 22.6 Å². The molecule has 0 radical (unpaired) electrons. The molecule has 0 bridgehead atoms. The maximum absolute atomic E-state index is 13.3. The molecule has 0 atom stereocenters. The third-order valence-corrected chi connectivity index (χ3v) is 7.11. The van der Waals surface area contributed by atoms with Crippen molar-refractivity contribution in [2.45, 2.75) is 25.4 Å². The molecule has 1 aromatic heterocycles. The van der Waals surface area contributed by atoms with Gasteiger partial charge in [0, 0.05) is 55.4 Å². The molecule has 10 heteroatoms. The third-order valence-electron chi connectivity index (χ3n) is 6.57. The number of carbonyl (C=O) groups is 1. The lowest BCUT2D eigenvalue weighted by Crippen LogP contribution is -2.53. The Morgan fingerprint density at radius 2 is 1.94 bits per heavy atom. The summed E-state index contributed by atoms with van der Waals surface area (Å²) in [6.45, 7) is 2.67. The van der Waals surface area contributed by atoms with Crippen LogP contribution in [0.1, 0.15) is 34.8 Å². The van der Waals surface area contributed by atoms with E-state index in [1.54, 1.807) is 34.7 Å². The summed E-state index contributed by atoms with van der Waals surface area (Å²) in [6, 6.07) is 12.9. The van der Waals surface area contributed by atoms with Crippen molar-refractivity contribution < 1.29 is 9.53 Å². The summed E-state index contributed by atoms with van der Waals surface area (Å²) < 4.78 is 8.03. The number of para-hydroxylation sites is 1. The molecule has 5 rings (SSSR count). The first-order chi connectivity index (χ1) is 16.9. The van der Waals surface area contributed by atoms with Gasteiger partial charge in [-0.2, -0.15) is 0 Å². The molecule has 1 amide bonds. The second-order valence-corrected chi connectivity index (χ2v) is 9.40. The molecule has 0 aliphatic carbocycles. The number of amides is 1. The average molecular weight is 511 g/mol. The molecule has 2 N–H and O–H groups in total. The van der Waals surface area contributed by atoms with Crippen LogP contribution in [0.3, 0.4) is 0 Å². The van der Waals surface area contributed by atoms with Gasteiger partial charge in [-0.15, -0.1) is 5.10 Å². The van der Waals surface area contributed by atoms with Crippen LogP contribution in [0.15, 0.2) is 48.0 Å². The minimum absolute atomic E-state index is 0.109. The highest BCUT2D eigenvalue weighted by molar-refractivity contribution is 6.35. The van der Waals surface area contributed by atoms with E-state index in [-0.39, 0.29) is 11.7 Å². The van der Waals surface area contributed by atoms with Gasteiger partial charge in [-0.25, -0.2) is 9.67 Å². The highest BCUT2D eigenvalue weighted by Gasteiger charge is 2.45. The van der Waals surface area contributed by atoms with E-state index in [0.29, 0.717) is 47.5 Å². The fourth-order valence-electron chi connectivity index (χ4n) is 4.82. The topological polar surface area (TPSA) is 96.1 Å². The smallest absolute Gasteiger partial charge is 0.293 e. The van der Waals surface area contributed by atoms with Crippen molar-refractivity contribution in [1.82, 2.24) is 25.0 Å². The zero-order valence-electron chi connectivity index (χ0n) is 19.3. The van der Waals surface area contributed by atoms with Gasteiger partial charge in [0.05, 0.1) is 16.4 Å². The van der Waals surface area contributed by atoms with Crippen molar-refractivity contribution in [3.63, 3.8) is 0 Å². The molecule has 1 fully saturated rings. The molecule has 0 unspecified atom stereocenters. The molecule has 2 aliphatic heterocycles. The minimum Gasteiger partial charge on any atom is -0.482 e. The summed E-state index contributed by atoms with van der Waals surface area (Å²) >= 11 is 12.3. The first kappa shape index (κ1) is 23.4. The van der Waals surface area contributed by atoms with Crippen LogP contribution in [0.2, 0.25) is 10.0 Å². The summed E-state index contributed by atoms with van der Waals surface area (Å²) in [5.41, 5.74) is 2.54. The maximum atomic E-state index is 13.3. The Bertz CT molecular complexity index is 1360. The van der Waals surface area contributed by atoms with Crippen molar-refractivity contribution in [1.29, 1.82) is 5.41 Å². The van der Waals surface area contributed by atoms with Gasteiger partial charge in [0.15, 0.2) is 0 Å². The van der Waals surface area contributed by atoms with E-state index in [1.165, 1.54) is 6.21 Å². The largest absolute Gasteiger partial charge is 0.482 e. The fraction of sp³-hybridized carbons (Fsp3) is 0.280. The molecule has 3 aromatic rings. The average Bonchev–Trinajstić information content (AvgIpc) is 3.24. The number of nitrogens with zero attached hydrogens (tertiary/aromatic N) is 4. The Morgan fingerprint density at radius 1 is 1.20 bits per heavy atom. The Morgan fingerprint density at radius 3 is 2.63 bits per heavy atom. The molecule has 2 aliphatic rings. The number of fused-ring (bicyclic) bond motifs is 1. The molecular formula is C25H24Cl2N6O2. The number of halogens is 2. The van der Waals surface area contributed by atoms with Gasteiger partial charge >= 0.3 is 0 Å². The number of nitrogens with one attached hydrogen (secondary N) is 2. The Balaban J connectivity index is 1.39. The zero-order chi connectivity index (χ0) is 24.7. The van der Waals surface area contributed by atoms with Gasteiger partial charge in [0.2, 0.25) is 5.82 Å². The monoisotopic (exact) mass is 510 g/mol. The summed E-state index contributed by atoms with van der Waals surface area (Å²) in [4.78, 5) is 19.4. The quantitative estimate of drug-likeness (QED) is 0.502. The maximum Gasteiger partial charge on any atom is 0.293 e. The van der Waals surface area contributed by atoms with Crippen LogP contribution in [0, 0.1) is 12.3 Å². The second-order valence-electron chi connectivity index (χ2n) is 8.56. The molecule has 2 aromatic carbocycles. The number of hydrogen-bond acceptors (Lipinski definition) is 6. The molecular weight excluding hydrogens is 487 g/mol. The van der Waals surface area contributed by atoms with Gasteiger partial charge < -0.3 is 20.4 Å². The Hall–Kier alpha value is -3.36. The molecule has 1 spiro atoms. The van der Waals surface area contributed by atoms with Crippen LogP contribution in [0.4, 0.5) is 0 Å². The standard InChI is InChI=1S/C25H24Cl2N6O2/c1-15-30-23(31-33(15)20-8-7-16(26)13-19(20)27)24(34)32-11-9-25(10-12-32)18(14-28)22(29-2)17-5-3-4-6-21(17)35-25/h3-8,13-14,28-29H,9-12H2,1-2H3. The number of rotatable bonds is 4. The lowest BCUT2D eigenvalue weighted by atomic mass is 9.80. The molecule has 1 saturated heterocycles. The molecule has 8 nitrogen and oxygen atoms in total. The predicted octanol–water partition coefficient (Wildman–Crippen LogP) is 4.53. The molecule has 35 heavy (non-hydrogen) atoms. The fourth-order valence-corrected chi connectivity index (χ4v) is 5.31. The van der Waals surface area contributed by atoms with Crippen LogP contribution in [-0.2, 0) is 0 Å². The SMILES string of the molecule is CNC1=C(C=N)C2(CCN(C(=O)c3nc(C)n(-c4ccc(Cl)cc4Cl)n3)CC2)Oc2ccccc21. The van der Waals surface area contributed by atoms with Crippen LogP contribution < -0.4 is 10.1 Å².